The average molecular weight is 300 g/mol. The number of ether oxygens (including phenoxy) is 1. The quantitative estimate of drug-likeness (QED) is 0.852. The number of aromatic nitrogens is 1. The molecule has 1 amide bonds. The number of amides is 1. The number of hydrogen-bond acceptors (Lipinski definition) is 3. The van der Waals surface area contributed by atoms with E-state index < -0.39 is 0 Å². The minimum atomic E-state index is -0.292. The van der Waals surface area contributed by atoms with Gasteiger partial charge in [-0.3, -0.25) is 4.79 Å². The molecule has 0 radical (unpaired) electrons. The molecule has 114 valence electrons. The van der Waals surface area contributed by atoms with Gasteiger partial charge in [0.25, 0.3) is 5.91 Å². The van der Waals surface area contributed by atoms with Crippen LogP contribution in [0.2, 0.25) is 0 Å². The number of halogens is 1. The standard InChI is InChI=1S/C17H17FN2O2/c1-22-16-15(6-3-9-19-16)17(21)20(14-7-8-14)11-12-4-2-5-13(18)10-12/h2-6,9-10,14H,7-8,11H2,1H3. The summed E-state index contributed by atoms with van der Waals surface area (Å²) in [6.45, 7) is 0.388. The topological polar surface area (TPSA) is 42.4 Å². The zero-order chi connectivity index (χ0) is 15.5. The first-order chi connectivity index (χ1) is 10.7. The molecular weight excluding hydrogens is 283 g/mol. The zero-order valence-electron chi connectivity index (χ0n) is 12.3. The molecule has 1 aromatic heterocycles. The SMILES string of the molecule is COc1ncccc1C(=O)N(Cc1cccc(F)c1)C1CC1. The molecule has 1 saturated carbocycles. The van der Waals surface area contributed by atoms with Gasteiger partial charge in [0.1, 0.15) is 11.4 Å². The Hall–Kier alpha value is -2.43. The number of nitrogens with zero attached hydrogens (tertiary/aromatic N) is 2. The molecule has 3 rings (SSSR count). The normalized spacial score (nSPS) is 13.7. The highest BCUT2D eigenvalue weighted by Gasteiger charge is 2.34. The lowest BCUT2D eigenvalue weighted by Crippen LogP contribution is -2.33. The second kappa shape index (κ2) is 6.13. The number of methoxy groups -OCH3 is 1. The third-order valence-corrected chi connectivity index (χ3v) is 3.69. The largest absolute Gasteiger partial charge is 0.480 e. The van der Waals surface area contributed by atoms with Gasteiger partial charge >= 0.3 is 0 Å². The summed E-state index contributed by atoms with van der Waals surface area (Å²) in [6.07, 6.45) is 3.54. The molecular formula is C17H17FN2O2. The molecule has 5 heteroatoms. The van der Waals surface area contributed by atoms with Crippen LogP contribution >= 0.6 is 0 Å². The van der Waals surface area contributed by atoms with Crippen molar-refractivity contribution in [2.75, 3.05) is 7.11 Å². The fourth-order valence-electron chi connectivity index (χ4n) is 2.46. The smallest absolute Gasteiger partial charge is 0.259 e. The maximum absolute atomic E-state index is 13.3. The van der Waals surface area contributed by atoms with Gasteiger partial charge in [0, 0.05) is 18.8 Å². The van der Waals surface area contributed by atoms with Crippen molar-refractivity contribution in [1.82, 2.24) is 9.88 Å². The Morgan fingerprint density at radius 1 is 1.36 bits per heavy atom. The van der Waals surface area contributed by atoms with Crippen LogP contribution < -0.4 is 4.74 Å². The Bertz CT molecular complexity index is 686. The molecule has 1 aliphatic carbocycles. The van der Waals surface area contributed by atoms with Gasteiger partial charge in [-0.05, 0) is 42.7 Å². The summed E-state index contributed by atoms with van der Waals surface area (Å²) in [5.41, 5.74) is 1.22. The molecule has 0 aliphatic heterocycles. The second-order valence-corrected chi connectivity index (χ2v) is 5.35. The molecule has 1 aliphatic rings. The number of rotatable bonds is 5. The van der Waals surface area contributed by atoms with Crippen LogP contribution in [0.25, 0.3) is 0 Å². The highest BCUT2D eigenvalue weighted by atomic mass is 19.1. The van der Waals surface area contributed by atoms with E-state index in [-0.39, 0.29) is 17.8 Å². The predicted octanol–water partition coefficient (Wildman–Crippen LogP) is 3.03. The van der Waals surface area contributed by atoms with Crippen LogP contribution in [0.1, 0.15) is 28.8 Å². The molecule has 4 nitrogen and oxygen atoms in total. The van der Waals surface area contributed by atoms with Crippen LogP contribution in [0.3, 0.4) is 0 Å². The Morgan fingerprint density at radius 2 is 2.18 bits per heavy atom. The Kier molecular flexibility index (Phi) is 4.04. The first-order valence-corrected chi connectivity index (χ1v) is 7.23. The highest BCUT2D eigenvalue weighted by Crippen LogP contribution is 2.31. The van der Waals surface area contributed by atoms with Gasteiger partial charge in [0.15, 0.2) is 0 Å². The van der Waals surface area contributed by atoms with E-state index in [1.165, 1.54) is 19.2 Å². The lowest BCUT2D eigenvalue weighted by atomic mass is 10.1. The minimum Gasteiger partial charge on any atom is -0.480 e. The maximum Gasteiger partial charge on any atom is 0.259 e. The molecule has 2 aromatic rings. The highest BCUT2D eigenvalue weighted by molar-refractivity contribution is 5.96. The molecule has 0 unspecified atom stereocenters. The van der Waals surface area contributed by atoms with Crippen molar-refractivity contribution < 1.29 is 13.9 Å². The number of carbonyl (C=O) groups is 1. The van der Waals surface area contributed by atoms with Crippen molar-refractivity contribution in [3.05, 3.63) is 59.5 Å². The summed E-state index contributed by atoms with van der Waals surface area (Å²) in [5.74, 6) is -0.103. The number of pyridine rings is 1. The van der Waals surface area contributed by atoms with Gasteiger partial charge in [0.05, 0.1) is 7.11 Å². The summed E-state index contributed by atoms with van der Waals surface area (Å²) in [7, 11) is 1.49. The Morgan fingerprint density at radius 3 is 2.86 bits per heavy atom. The monoisotopic (exact) mass is 300 g/mol. The van der Waals surface area contributed by atoms with Crippen LogP contribution in [0.4, 0.5) is 4.39 Å². The van der Waals surface area contributed by atoms with Gasteiger partial charge in [-0.25, -0.2) is 9.37 Å². The van der Waals surface area contributed by atoms with E-state index in [2.05, 4.69) is 4.98 Å². The Balaban J connectivity index is 1.86. The summed E-state index contributed by atoms with van der Waals surface area (Å²) in [4.78, 5) is 18.7. The molecule has 0 bridgehead atoms. The van der Waals surface area contributed by atoms with E-state index in [1.54, 1.807) is 29.3 Å². The van der Waals surface area contributed by atoms with Gasteiger partial charge in [-0.2, -0.15) is 0 Å². The van der Waals surface area contributed by atoms with Crippen LogP contribution in [0.5, 0.6) is 5.88 Å². The number of benzene rings is 1. The minimum absolute atomic E-state index is 0.128. The third-order valence-electron chi connectivity index (χ3n) is 3.69. The van der Waals surface area contributed by atoms with E-state index in [0.717, 1.165) is 18.4 Å². The predicted molar refractivity (Wildman–Crippen MR) is 80.1 cm³/mol. The summed E-state index contributed by atoms with van der Waals surface area (Å²) in [5, 5.41) is 0. The summed E-state index contributed by atoms with van der Waals surface area (Å²) >= 11 is 0. The first kappa shape index (κ1) is 14.5. The van der Waals surface area contributed by atoms with Crippen molar-refractivity contribution in [3.63, 3.8) is 0 Å². The van der Waals surface area contributed by atoms with Crippen LogP contribution in [-0.4, -0.2) is 28.9 Å². The summed E-state index contributed by atoms with van der Waals surface area (Å²) in [6, 6.07) is 9.97. The van der Waals surface area contributed by atoms with E-state index >= 15 is 0 Å². The molecule has 0 atom stereocenters. The van der Waals surface area contributed by atoms with Crippen molar-refractivity contribution in [2.45, 2.75) is 25.4 Å². The van der Waals surface area contributed by atoms with Gasteiger partial charge in [0.2, 0.25) is 5.88 Å². The van der Waals surface area contributed by atoms with E-state index in [1.807, 2.05) is 6.07 Å². The lowest BCUT2D eigenvalue weighted by Gasteiger charge is -2.23. The third kappa shape index (κ3) is 3.08. The van der Waals surface area contributed by atoms with Crippen LogP contribution in [-0.2, 0) is 6.54 Å². The molecule has 0 N–H and O–H groups in total. The fourth-order valence-corrected chi connectivity index (χ4v) is 2.46. The molecule has 0 saturated heterocycles. The van der Waals surface area contributed by atoms with E-state index in [4.69, 9.17) is 4.74 Å². The fraction of sp³-hybridized carbons (Fsp3) is 0.294. The van der Waals surface area contributed by atoms with Crippen LogP contribution in [0.15, 0.2) is 42.6 Å². The first-order valence-electron chi connectivity index (χ1n) is 7.23. The van der Waals surface area contributed by atoms with Crippen LogP contribution in [0, 0.1) is 5.82 Å². The Labute approximate surface area is 128 Å². The molecule has 22 heavy (non-hydrogen) atoms. The molecule has 1 aromatic carbocycles. The van der Waals surface area contributed by atoms with Gasteiger partial charge in [-0.1, -0.05) is 12.1 Å². The molecule has 1 fully saturated rings. The van der Waals surface area contributed by atoms with E-state index in [9.17, 15) is 9.18 Å². The van der Waals surface area contributed by atoms with Crippen molar-refractivity contribution in [1.29, 1.82) is 0 Å². The molecule has 0 spiro atoms. The maximum atomic E-state index is 13.3. The van der Waals surface area contributed by atoms with Gasteiger partial charge < -0.3 is 9.64 Å². The van der Waals surface area contributed by atoms with Crippen molar-refractivity contribution in [2.24, 2.45) is 0 Å². The molecule has 1 heterocycles. The van der Waals surface area contributed by atoms with E-state index in [0.29, 0.717) is 18.0 Å². The zero-order valence-corrected chi connectivity index (χ0v) is 12.3. The number of hydrogen-bond donors (Lipinski definition) is 0. The van der Waals surface area contributed by atoms with Crippen molar-refractivity contribution >= 4 is 5.91 Å². The van der Waals surface area contributed by atoms with Gasteiger partial charge in [-0.15, -0.1) is 0 Å². The average Bonchev–Trinajstić information content (AvgIpc) is 3.37. The second-order valence-electron chi connectivity index (χ2n) is 5.35. The van der Waals surface area contributed by atoms with Crippen molar-refractivity contribution in [3.8, 4) is 5.88 Å². The lowest BCUT2D eigenvalue weighted by molar-refractivity contribution is 0.0725. The summed E-state index contributed by atoms with van der Waals surface area (Å²) < 4.78 is 18.5. The number of carbonyl (C=O) groups excluding carboxylic acids is 1.